The third kappa shape index (κ3) is 4.35. The lowest BCUT2D eigenvalue weighted by molar-refractivity contribution is -0.122. The molecule has 4 rings (SSSR count). The Bertz CT molecular complexity index is 1330. The summed E-state index contributed by atoms with van der Waals surface area (Å²) in [6.07, 6.45) is 1.42. The Morgan fingerprint density at radius 3 is 2.42 bits per heavy atom. The lowest BCUT2D eigenvalue weighted by atomic mass is 10.1. The van der Waals surface area contributed by atoms with Crippen molar-refractivity contribution in [1.82, 2.24) is 9.99 Å². The highest BCUT2D eigenvalue weighted by molar-refractivity contribution is 9.10. The van der Waals surface area contributed by atoms with Gasteiger partial charge < -0.3 is 0 Å². The van der Waals surface area contributed by atoms with Crippen molar-refractivity contribution in [1.29, 1.82) is 0 Å². The van der Waals surface area contributed by atoms with Crippen molar-refractivity contribution in [3.63, 3.8) is 0 Å². The summed E-state index contributed by atoms with van der Waals surface area (Å²) >= 11 is 3.32. The van der Waals surface area contributed by atoms with Crippen LogP contribution >= 0.6 is 15.9 Å². The zero-order valence-electron chi connectivity index (χ0n) is 17.8. The molecule has 1 saturated heterocycles. The molecule has 9 heteroatoms. The van der Waals surface area contributed by atoms with E-state index in [1.807, 2.05) is 6.07 Å². The summed E-state index contributed by atoms with van der Waals surface area (Å²) in [4.78, 5) is 51.5. The minimum atomic E-state index is -0.819. The van der Waals surface area contributed by atoms with E-state index in [1.165, 1.54) is 6.08 Å². The van der Waals surface area contributed by atoms with Gasteiger partial charge in [0.25, 0.3) is 17.7 Å². The molecule has 2 aromatic carbocycles. The normalized spacial score (nSPS) is 15.1. The van der Waals surface area contributed by atoms with Crippen LogP contribution in [0.1, 0.15) is 27.3 Å². The number of aryl methyl sites for hydroxylation is 1. The van der Waals surface area contributed by atoms with Crippen LogP contribution in [-0.4, -0.2) is 28.4 Å². The predicted octanol–water partition coefficient (Wildman–Crippen LogP) is 3.92. The molecule has 1 fully saturated rings. The molecule has 0 spiro atoms. The summed E-state index contributed by atoms with van der Waals surface area (Å²) < 4.78 is 2.27. The van der Waals surface area contributed by atoms with Crippen LogP contribution in [0.4, 0.5) is 10.5 Å². The summed E-state index contributed by atoms with van der Waals surface area (Å²) in [5, 5.41) is 2.21. The highest BCUT2D eigenvalue weighted by Crippen LogP contribution is 2.26. The number of barbiturate groups is 1. The number of rotatable bonds is 4. The molecular weight excluding hydrogens is 488 g/mol. The van der Waals surface area contributed by atoms with E-state index in [-0.39, 0.29) is 11.5 Å². The van der Waals surface area contributed by atoms with Crippen LogP contribution in [0.2, 0.25) is 0 Å². The molecule has 0 radical (unpaired) electrons. The quantitative estimate of drug-likeness (QED) is 0.413. The molecule has 0 aliphatic carbocycles. The number of hydrogen-bond acceptors (Lipinski definition) is 4. The number of hydrogen-bond donors (Lipinski definition) is 2. The molecule has 0 bridgehead atoms. The molecule has 1 aromatic heterocycles. The topological polar surface area (TPSA) is 101 Å². The average molecular weight is 507 g/mol. The number of amides is 5. The maximum absolute atomic E-state index is 13.1. The van der Waals surface area contributed by atoms with Crippen LogP contribution in [0.25, 0.3) is 6.08 Å². The zero-order valence-corrected chi connectivity index (χ0v) is 19.3. The van der Waals surface area contributed by atoms with E-state index < -0.39 is 17.8 Å². The SMILES string of the molecule is Cc1cc(/C=C2\C(=O)NC(=O)N(c3cccc(Br)c3)C2=O)c(C)n1NC(=O)c1ccccc1. The van der Waals surface area contributed by atoms with Gasteiger partial charge in [-0.2, -0.15) is 0 Å². The van der Waals surface area contributed by atoms with Crippen molar-refractivity contribution in [2.24, 2.45) is 0 Å². The summed E-state index contributed by atoms with van der Waals surface area (Å²) in [6, 6.07) is 16.3. The molecule has 166 valence electrons. The van der Waals surface area contributed by atoms with Crippen molar-refractivity contribution >= 4 is 51.4 Å². The number of imide groups is 2. The van der Waals surface area contributed by atoms with Gasteiger partial charge in [0.2, 0.25) is 0 Å². The molecule has 2 N–H and O–H groups in total. The van der Waals surface area contributed by atoms with Crippen LogP contribution in [-0.2, 0) is 9.59 Å². The summed E-state index contributed by atoms with van der Waals surface area (Å²) in [5.41, 5.74) is 5.33. The largest absolute Gasteiger partial charge is 0.335 e. The predicted molar refractivity (Wildman–Crippen MR) is 127 cm³/mol. The standard InChI is InChI=1S/C24H19BrN4O4/c1-14-11-17(15(2)29(14)27-21(30)16-7-4-3-5-8-16)12-20-22(31)26-24(33)28(23(20)32)19-10-6-9-18(25)13-19/h3-13H,1-2H3,(H,27,30)(H,26,31,33)/b20-12+. The smallest absolute Gasteiger partial charge is 0.273 e. The summed E-state index contributed by atoms with van der Waals surface area (Å²) in [6.45, 7) is 3.55. The highest BCUT2D eigenvalue weighted by Gasteiger charge is 2.37. The number of carbonyl (C=O) groups is 4. The fraction of sp³-hybridized carbons (Fsp3) is 0.0833. The fourth-order valence-electron chi connectivity index (χ4n) is 3.52. The molecule has 3 aromatic rings. The first-order valence-electron chi connectivity index (χ1n) is 9.98. The van der Waals surface area contributed by atoms with E-state index in [0.29, 0.717) is 32.7 Å². The lowest BCUT2D eigenvalue weighted by Gasteiger charge is -2.26. The Kier molecular flexibility index (Phi) is 5.97. The van der Waals surface area contributed by atoms with E-state index in [2.05, 4.69) is 26.7 Å². The monoisotopic (exact) mass is 506 g/mol. The molecule has 2 heterocycles. The molecule has 0 saturated carbocycles. The lowest BCUT2D eigenvalue weighted by Crippen LogP contribution is -2.54. The van der Waals surface area contributed by atoms with Gasteiger partial charge >= 0.3 is 6.03 Å². The second kappa shape index (κ2) is 8.87. The molecule has 1 aliphatic rings. The van der Waals surface area contributed by atoms with E-state index in [1.54, 1.807) is 73.1 Å². The van der Waals surface area contributed by atoms with Gasteiger partial charge in [0.15, 0.2) is 0 Å². The van der Waals surface area contributed by atoms with Gasteiger partial charge in [-0.25, -0.2) is 9.69 Å². The Labute approximate surface area is 198 Å². The zero-order chi connectivity index (χ0) is 23.7. The van der Waals surface area contributed by atoms with Crippen molar-refractivity contribution in [3.8, 4) is 0 Å². The third-order valence-electron chi connectivity index (χ3n) is 5.19. The minimum Gasteiger partial charge on any atom is -0.273 e. The van der Waals surface area contributed by atoms with E-state index in [0.717, 1.165) is 4.90 Å². The van der Waals surface area contributed by atoms with E-state index in [9.17, 15) is 19.2 Å². The van der Waals surface area contributed by atoms with Crippen molar-refractivity contribution in [3.05, 3.63) is 93.2 Å². The van der Waals surface area contributed by atoms with Gasteiger partial charge in [-0.1, -0.05) is 40.2 Å². The number of benzene rings is 2. The van der Waals surface area contributed by atoms with E-state index >= 15 is 0 Å². The van der Waals surface area contributed by atoms with Crippen molar-refractivity contribution in [2.75, 3.05) is 10.3 Å². The molecule has 0 atom stereocenters. The van der Waals surface area contributed by atoms with Gasteiger partial charge in [-0.3, -0.25) is 29.8 Å². The van der Waals surface area contributed by atoms with Gasteiger partial charge in [0.05, 0.1) is 5.69 Å². The Morgan fingerprint density at radius 2 is 1.73 bits per heavy atom. The molecule has 33 heavy (non-hydrogen) atoms. The molecule has 0 unspecified atom stereocenters. The van der Waals surface area contributed by atoms with Crippen molar-refractivity contribution in [2.45, 2.75) is 13.8 Å². The summed E-state index contributed by atoms with van der Waals surface area (Å²) in [5.74, 6) is -1.82. The average Bonchev–Trinajstić information content (AvgIpc) is 3.04. The number of carbonyl (C=O) groups excluding carboxylic acids is 4. The number of urea groups is 1. The van der Waals surface area contributed by atoms with Gasteiger partial charge in [-0.05, 0) is 61.9 Å². The van der Waals surface area contributed by atoms with Crippen LogP contribution in [0.3, 0.4) is 0 Å². The first kappa shape index (κ1) is 22.2. The summed E-state index contributed by atoms with van der Waals surface area (Å²) in [7, 11) is 0. The fourth-order valence-corrected chi connectivity index (χ4v) is 3.91. The minimum absolute atomic E-state index is 0.191. The van der Waals surface area contributed by atoms with Gasteiger partial charge in [0.1, 0.15) is 5.57 Å². The molecule has 1 aliphatic heterocycles. The van der Waals surface area contributed by atoms with Gasteiger partial charge in [-0.15, -0.1) is 0 Å². The van der Waals surface area contributed by atoms with Crippen LogP contribution in [0.15, 0.2) is 70.7 Å². The van der Waals surface area contributed by atoms with Crippen LogP contribution < -0.4 is 15.6 Å². The Balaban J connectivity index is 1.67. The number of anilines is 1. The van der Waals surface area contributed by atoms with Crippen LogP contribution in [0, 0.1) is 13.8 Å². The highest BCUT2D eigenvalue weighted by atomic mass is 79.9. The first-order chi connectivity index (χ1) is 15.8. The maximum Gasteiger partial charge on any atom is 0.335 e. The van der Waals surface area contributed by atoms with E-state index in [4.69, 9.17) is 0 Å². The number of aromatic nitrogens is 1. The molecule has 8 nitrogen and oxygen atoms in total. The van der Waals surface area contributed by atoms with Crippen LogP contribution in [0.5, 0.6) is 0 Å². The Morgan fingerprint density at radius 1 is 1.00 bits per heavy atom. The molecule has 5 amide bonds. The second-order valence-electron chi connectivity index (χ2n) is 7.41. The number of halogens is 1. The number of nitrogens with one attached hydrogen (secondary N) is 2. The third-order valence-corrected chi connectivity index (χ3v) is 5.68. The second-order valence-corrected chi connectivity index (χ2v) is 8.32. The maximum atomic E-state index is 13.1. The number of nitrogens with zero attached hydrogens (tertiary/aromatic N) is 2. The molecular formula is C24H19BrN4O4. The first-order valence-corrected chi connectivity index (χ1v) is 10.8. The Hall–Kier alpha value is -3.98. The van der Waals surface area contributed by atoms with Gasteiger partial charge in [0, 0.05) is 21.4 Å². The van der Waals surface area contributed by atoms with Crippen molar-refractivity contribution < 1.29 is 19.2 Å².